The van der Waals surface area contributed by atoms with Crippen LogP contribution >= 0.6 is 0 Å². The van der Waals surface area contributed by atoms with Gasteiger partial charge < -0.3 is 19.5 Å². The van der Waals surface area contributed by atoms with E-state index in [4.69, 9.17) is 14.6 Å². The number of hydrogen-bond donors (Lipinski definition) is 1. The van der Waals surface area contributed by atoms with Crippen molar-refractivity contribution in [3.63, 3.8) is 0 Å². The Hall–Kier alpha value is -2.50. The van der Waals surface area contributed by atoms with Gasteiger partial charge in [-0.15, -0.1) is 0 Å². The van der Waals surface area contributed by atoms with Crippen molar-refractivity contribution in [2.75, 3.05) is 24.7 Å². The second-order valence-corrected chi connectivity index (χ2v) is 4.49. The van der Waals surface area contributed by atoms with E-state index in [2.05, 4.69) is 0 Å². The van der Waals surface area contributed by atoms with E-state index in [1.807, 2.05) is 18.2 Å². The molecule has 0 radical (unpaired) electrons. The third-order valence-corrected chi connectivity index (χ3v) is 2.95. The molecule has 1 aliphatic heterocycles. The predicted molar refractivity (Wildman–Crippen MR) is 75.7 cm³/mol. The molecule has 6 nitrogen and oxygen atoms in total. The molecule has 1 N–H and O–H groups in total. The lowest BCUT2D eigenvalue weighted by Gasteiger charge is -2.25. The first-order valence-corrected chi connectivity index (χ1v) is 6.72. The monoisotopic (exact) mass is 291 g/mol. The second-order valence-electron chi connectivity index (χ2n) is 4.49. The topological polar surface area (TPSA) is 76.1 Å². The van der Waals surface area contributed by atoms with E-state index in [-0.39, 0.29) is 18.1 Å². The van der Waals surface area contributed by atoms with Crippen molar-refractivity contribution in [3.05, 3.63) is 42.4 Å². The summed E-state index contributed by atoms with van der Waals surface area (Å²) < 4.78 is 10.4. The summed E-state index contributed by atoms with van der Waals surface area (Å²) in [5, 5.41) is 8.72. The van der Waals surface area contributed by atoms with E-state index in [1.54, 1.807) is 12.1 Å². The van der Waals surface area contributed by atoms with Gasteiger partial charge in [0.1, 0.15) is 19.5 Å². The molecule has 1 aliphatic rings. The van der Waals surface area contributed by atoms with Crippen molar-refractivity contribution in [2.24, 2.45) is 0 Å². The molecule has 0 fully saturated rings. The zero-order valence-electron chi connectivity index (χ0n) is 11.5. The van der Waals surface area contributed by atoms with Gasteiger partial charge in [0.2, 0.25) is 5.76 Å². The third-order valence-electron chi connectivity index (χ3n) is 2.95. The Morgan fingerprint density at radius 1 is 1.19 bits per heavy atom. The van der Waals surface area contributed by atoms with Crippen LogP contribution in [-0.2, 0) is 19.1 Å². The molecule has 1 aromatic rings. The molecule has 1 aromatic carbocycles. The zero-order valence-corrected chi connectivity index (χ0v) is 11.5. The lowest BCUT2D eigenvalue weighted by atomic mass is 10.2. The SMILES string of the molecule is O=C(O)CCCN(C(=O)C1=COCCO1)c1ccccc1. The van der Waals surface area contributed by atoms with E-state index in [1.165, 1.54) is 11.2 Å². The van der Waals surface area contributed by atoms with Crippen LogP contribution in [-0.4, -0.2) is 36.7 Å². The van der Waals surface area contributed by atoms with E-state index in [9.17, 15) is 9.59 Å². The van der Waals surface area contributed by atoms with Crippen LogP contribution in [0.2, 0.25) is 0 Å². The molecule has 112 valence electrons. The summed E-state index contributed by atoms with van der Waals surface area (Å²) in [5.41, 5.74) is 0.697. The Morgan fingerprint density at radius 3 is 2.57 bits per heavy atom. The van der Waals surface area contributed by atoms with Crippen LogP contribution in [0.25, 0.3) is 0 Å². The van der Waals surface area contributed by atoms with Gasteiger partial charge in [-0.2, -0.15) is 0 Å². The van der Waals surface area contributed by atoms with Crippen molar-refractivity contribution in [1.29, 1.82) is 0 Å². The molecule has 0 bridgehead atoms. The Morgan fingerprint density at radius 2 is 1.95 bits per heavy atom. The summed E-state index contributed by atoms with van der Waals surface area (Å²) in [6.45, 7) is 1.05. The van der Waals surface area contributed by atoms with E-state index < -0.39 is 5.97 Å². The second kappa shape index (κ2) is 7.33. The fraction of sp³-hybridized carbons (Fsp3) is 0.333. The maximum absolute atomic E-state index is 12.5. The maximum Gasteiger partial charge on any atom is 0.303 e. The smallest absolute Gasteiger partial charge is 0.303 e. The third kappa shape index (κ3) is 4.24. The van der Waals surface area contributed by atoms with Gasteiger partial charge in [0, 0.05) is 18.7 Å². The lowest BCUT2D eigenvalue weighted by Crippen LogP contribution is -2.35. The normalized spacial score (nSPS) is 13.6. The minimum absolute atomic E-state index is 0.00696. The molecule has 1 amide bonds. The van der Waals surface area contributed by atoms with E-state index in [0.29, 0.717) is 31.9 Å². The summed E-state index contributed by atoms with van der Waals surface area (Å²) >= 11 is 0. The zero-order chi connectivity index (χ0) is 15.1. The minimum atomic E-state index is -0.882. The number of amides is 1. The Bertz CT molecular complexity index is 526. The number of carbonyl (C=O) groups excluding carboxylic acids is 1. The molecule has 2 rings (SSSR count). The number of ether oxygens (including phenoxy) is 2. The van der Waals surface area contributed by atoms with Crippen LogP contribution in [0.1, 0.15) is 12.8 Å². The highest BCUT2D eigenvalue weighted by Crippen LogP contribution is 2.18. The standard InChI is InChI=1S/C15H17NO5/c17-14(18)7-4-8-16(12-5-2-1-3-6-12)15(19)13-11-20-9-10-21-13/h1-3,5-6,11H,4,7-10H2,(H,17,18). The molecule has 0 spiro atoms. The molecule has 0 saturated heterocycles. The maximum atomic E-state index is 12.5. The Labute approximate surface area is 122 Å². The van der Waals surface area contributed by atoms with Gasteiger partial charge in [0.25, 0.3) is 5.91 Å². The number of carbonyl (C=O) groups is 2. The van der Waals surface area contributed by atoms with Gasteiger partial charge in [-0.3, -0.25) is 9.59 Å². The van der Waals surface area contributed by atoms with Crippen LogP contribution in [0.15, 0.2) is 42.4 Å². The highest BCUT2D eigenvalue weighted by atomic mass is 16.6. The van der Waals surface area contributed by atoms with Crippen molar-refractivity contribution in [2.45, 2.75) is 12.8 Å². The van der Waals surface area contributed by atoms with Gasteiger partial charge in [0.15, 0.2) is 0 Å². The number of nitrogens with zero attached hydrogens (tertiary/aromatic N) is 1. The summed E-state index contributed by atoms with van der Waals surface area (Å²) in [6.07, 6.45) is 1.68. The predicted octanol–water partition coefficient (Wildman–Crippen LogP) is 1.77. The molecule has 21 heavy (non-hydrogen) atoms. The van der Waals surface area contributed by atoms with Gasteiger partial charge >= 0.3 is 5.97 Å². The van der Waals surface area contributed by atoms with Crippen LogP contribution < -0.4 is 4.90 Å². The minimum Gasteiger partial charge on any atom is -0.494 e. The number of hydrogen-bond acceptors (Lipinski definition) is 4. The average molecular weight is 291 g/mol. The van der Waals surface area contributed by atoms with Crippen molar-refractivity contribution in [1.82, 2.24) is 0 Å². The van der Waals surface area contributed by atoms with Crippen LogP contribution in [0.3, 0.4) is 0 Å². The number of rotatable bonds is 6. The van der Waals surface area contributed by atoms with Gasteiger partial charge in [-0.1, -0.05) is 18.2 Å². The van der Waals surface area contributed by atoms with E-state index >= 15 is 0 Å². The van der Waals surface area contributed by atoms with Crippen molar-refractivity contribution < 1.29 is 24.2 Å². The molecule has 0 atom stereocenters. The fourth-order valence-corrected chi connectivity index (χ4v) is 1.96. The molecular weight excluding hydrogens is 274 g/mol. The number of para-hydroxylation sites is 1. The van der Waals surface area contributed by atoms with Crippen LogP contribution in [0, 0.1) is 0 Å². The highest BCUT2D eigenvalue weighted by molar-refractivity contribution is 6.04. The van der Waals surface area contributed by atoms with Gasteiger partial charge in [-0.05, 0) is 18.6 Å². The first kappa shape index (κ1) is 14.9. The molecule has 0 saturated carbocycles. The first-order valence-electron chi connectivity index (χ1n) is 6.72. The number of benzene rings is 1. The molecule has 0 aromatic heterocycles. The quantitative estimate of drug-likeness (QED) is 0.864. The van der Waals surface area contributed by atoms with Gasteiger partial charge in [-0.25, -0.2) is 0 Å². The molecule has 6 heteroatoms. The summed E-state index contributed by atoms with van der Waals surface area (Å²) in [4.78, 5) is 24.6. The number of carboxylic acid groups (broad SMARTS) is 1. The van der Waals surface area contributed by atoms with Crippen LogP contribution in [0.5, 0.6) is 0 Å². The highest BCUT2D eigenvalue weighted by Gasteiger charge is 2.23. The van der Waals surface area contributed by atoms with E-state index in [0.717, 1.165) is 0 Å². The van der Waals surface area contributed by atoms with Crippen LogP contribution in [0.4, 0.5) is 5.69 Å². The molecule has 1 heterocycles. The largest absolute Gasteiger partial charge is 0.494 e. The summed E-state index contributed by atoms with van der Waals surface area (Å²) in [6, 6.07) is 9.08. The number of aliphatic carboxylic acids is 1. The van der Waals surface area contributed by atoms with Gasteiger partial charge in [0.05, 0.1) is 0 Å². The summed E-state index contributed by atoms with van der Waals surface area (Å²) in [7, 11) is 0. The van der Waals surface area contributed by atoms with Crippen molar-refractivity contribution in [3.8, 4) is 0 Å². The Kier molecular flexibility index (Phi) is 5.20. The number of anilines is 1. The lowest BCUT2D eigenvalue weighted by molar-refractivity contribution is -0.137. The first-order chi connectivity index (χ1) is 10.2. The molecule has 0 aliphatic carbocycles. The Balaban J connectivity index is 2.12. The molecular formula is C15H17NO5. The summed E-state index contributed by atoms with van der Waals surface area (Å²) in [5.74, 6) is -1.07. The fourth-order valence-electron chi connectivity index (χ4n) is 1.96. The van der Waals surface area contributed by atoms with Crippen molar-refractivity contribution >= 4 is 17.6 Å². The average Bonchev–Trinajstić information content (AvgIpc) is 2.52. The number of carboxylic acids is 1. The molecule has 0 unspecified atom stereocenters.